The minimum atomic E-state index is -4.69. The van der Waals surface area contributed by atoms with Crippen molar-refractivity contribution < 1.29 is 22.6 Å². The normalized spacial score (nSPS) is 15.4. The Kier molecular flexibility index (Phi) is 6.40. The van der Waals surface area contributed by atoms with Crippen LogP contribution in [0.4, 0.5) is 13.2 Å². The monoisotopic (exact) mass is 435 g/mol. The molecule has 0 aliphatic carbocycles. The quantitative estimate of drug-likeness (QED) is 0.415. The van der Waals surface area contributed by atoms with E-state index < -0.39 is 6.36 Å². The van der Waals surface area contributed by atoms with Gasteiger partial charge in [-0.2, -0.15) is 0 Å². The Labute approximate surface area is 176 Å². The molecule has 0 radical (unpaired) electrons. The van der Waals surface area contributed by atoms with Crippen molar-refractivity contribution >= 4 is 22.7 Å². The highest BCUT2D eigenvalue weighted by atomic mass is 32.2. The molecule has 1 fully saturated rings. The van der Waals surface area contributed by atoms with E-state index in [1.807, 2.05) is 24.3 Å². The zero-order chi connectivity index (χ0) is 21.0. The first-order valence-electron chi connectivity index (χ1n) is 9.49. The lowest BCUT2D eigenvalue weighted by atomic mass is 10.2. The van der Waals surface area contributed by atoms with Gasteiger partial charge >= 0.3 is 6.36 Å². The second-order valence-corrected chi connectivity index (χ2v) is 7.80. The van der Waals surface area contributed by atoms with Gasteiger partial charge in [-0.3, -0.25) is 4.90 Å². The first-order valence-corrected chi connectivity index (χ1v) is 10.5. The SMILES string of the molecule is FC(F)(F)Oc1ccc(CSc2nc(CN3CCOCC3)nc3ccccc23)cc1. The van der Waals surface area contributed by atoms with E-state index in [4.69, 9.17) is 14.7 Å². The van der Waals surface area contributed by atoms with Crippen molar-refractivity contribution in [2.45, 2.75) is 23.7 Å². The third kappa shape index (κ3) is 5.62. The average Bonchev–Trinajstić information content (AvgIpc) is 2.73. The van der Waals surface area contributed by atoms with Crippen molar-refractivity contribution in [1.82, 2.24) is 14.9 Å². The number of hydrogen-bond acceptors (Lipinski definition) is 6. The van der Waals surface area contributed by atoms with Gasteiger partial charge in [-0.1, -0.05) is 30.3 Å². The topological polar surface area (TPSA) is 47.5 Å². The Balaban J connectivity index is 1.49. The standard InChI is InChI=1S/C21H20F3N3O2S/c22-21(23,24)29-16-7-5-15(6-8-16)14-30-20-17-3-1-2-4-18(17)25-19(26-20)13-27-9-11-28-12-10-27/h1-8H,9-14H2. The van der Waals surface area contributed by atoms with Crippen molar-refractivity contribution in [2.75, 3.05) is 26.3 Å². The van der Waals surface area contributed by atoms with Gasteiger partial charge < -0.3 is 9.47 Å². The van der Waals surface area contributed by atoms with Crippen molar-refractivity contribution in [1.29, 1.82) is 0 Å². The molecule has 2 heterocycles. The molecule has 5 nitrogen and oxygen atoms in total. The summed E-state index contributed by atoms with van der Waals surface area (Å²) in [4.78, 5) is 11.7. The Morgan fingerprint density at radius 1 is 1.00 bits per heavy atom. The first kappa shape index (κ1) is 20.9. The summed E-state index contributed by atoms with van der Waals surface area (Å²) in [6.45, 7) is 3.79. The molecule has 0 amide bonds. The maximum absolute atomic E-state index is 12.3. The molecule has 0 unspecified atom stereocenters. The number of fused-ring (bicyclic) bond motifs is 1. The van der Waals surface area contributed by atoms with Gasteiger partial charge in [0.1, 0.15) is 16.6 Å². The molecule has 3 aromatic rings. The van der Waals surface area contributed by atoms with Crippen LogP contribution in [0.3, 0.4) is 0 Å². The smallest absolute Gasteiger partial charge is 0.406 e. The number of nitrogens with zero attached hydrogens (tertiary/aromatic N) is 3. The zero-order valence-corrected chi connectivity index (χ0v) is 16.9. The molecule has 1 aliphatic heterocycles. The van der Waals surface area contributed by atoms with Crippen LogP contribution in [0.5, 0.6) is 5.75 Å². The largest absolute Gasteiger partial charge is 0.573 e. The lowest BCUT2D eigenvalue weighted by molar-refractivity contribution is -0.274. The van der Waals surface area contributed by atoms with Crippen molar-refractivity contribution in [3.05, 3.63) is 59.9 Å². The highest BCUT2D eigenvalue weighted by Crippen LogP contribution is 2.29. The minimum absolute atomic E-state index is 0.225. The van der Waals surface area contributed by atoms with Gasteiger partial charge in [0.2, 0.25) is 0 Å². The number of thioether (sulfide) groups is 1. The van der Waals surface area contributed by atoms with E-state index in [1.165, 1.54) is 12.1 Å². The molecule has 0 N–H and O–H groups in total. The van der Waals surface area contributed by atoms with Crippen LogP contribution >= 0.6 is 11.8 Å². The lowest BCUT2D eigenvalue weighted by Crippen LogP contribution is -2.36. The van der Waals surface area contributed by atoms with E-state index in [2.05, 4.69) is 9.64 Å². The van der Waals surface area contributed by atoms with Crippen LogP contribution < -0.4 is 4.74 Å². The van der Waals surface area contributed by atoms with Crippen LogP contribution in [0.1, 0.15) is 11.4 Å². The summed E-state index contributed by atoms with van der Waals surface area (Å²) in [6, 6.07) is 13.8. The van der Waals surface area contributed by atoms with E-state index in [9.17, 15) is 13.2 Å². The number of hydrogen-bond donors (Lipinski definition) is 0. The molecular weight excluding hydrogens is 415 g/mol. The predicted molar refractivity (Wildman–Crippen MR) is 108 cm³/mol. The third-order valence-corrected chi connectivity index (χ3v) is 5.68. The maximum Gasteiger partial charge on any atom is 0.573 e. The molecule has 1 aliphatic rings. The fourth-order valence-electron chi connectivity index (χ4n) is 3.17. The Morgan fingerprint density at radius 3 is 2.47 bits per heavy atom. The van der Waals surface area contributed by atoms with E-state index in [1.54, 1.807) is 23.9 Å². The molecule has 9 heteroatoms. The lowest BCUT2D eigenvalue weighted by Gasteiger charge is -2.25. The Morgan fingerprint density at radius 2 is 1.73 bits per heavy atom. The van der Waals surface area contributed by atoms with Gasteiger partial charge in [-0.05, 0) is 23.8 Å². The summed E-state index contributed by atoms with van der Waals surface area (Å²) < 4.78 is 46.3. The number of aromatic nitrogens is 2. The van der Waals surface area contributed by atoms with E-state index in [0.29, 0.717) is 25.5 Å². The summed E-state index contributed by atoms with van der Waals surface area (Å²) in [5.41, 5.74) is 1.76. The number of para-hydroxylation sites is 1. The van der Waals surface area contributed by atoms with Gasteiger partial charge in [-0.15, -0.1) is 24.9 Å². The van der Waals surface area contributed by atoms with Crippen molar-refractivity contribution in [2.24, 2.45) is 0 Å². The predicted octanol–water partition coefficient (Wildman–Crippen LogP) is 4.65. The maximum atomic E-state index is 12.3. The molecule has 1 aromatic heterocycles. The molecular formula is C21H20F3N3O2S. The second-order valence-electron chi connectivity index (χ2n) is 6.83. The number of alkyl halides is 3. The minimum Gasteiger partial charge on any atom is -0.406 e. The highest BCUT2D eigenvalue weighted by Gasteiger charge is 2.30. The van der Waals surface area contributed by atoms with E-state index in [0.717, 1.165) is 40.4 Å². The van der Waals surface area contributed by atoms with Gasteiger partial charge in [0.15, 0.2) is 0 Å². The molecule has 158 valence electrons. The molecule has 0 saturated carbocycles. The van der Waals surface area contributed by atoms with Crippen LogP contribution in [0.2, 0.25) is 0 Å². The molecule has 1 saturated heterocycles. The van der Waals surface area contributed by atoms with Gasteiger partial charge in [0.05, 0.1) is 25.3 Å². The fraction of sp³-hybridized carbons (Fsp3) is 0.333. The summed E-state index contributed by atoms with van der Waals surface area (Å²) >= 11 is 1.54. The molecule has 0 bridgehead atoms. The number of rotatable bonds is 6. The molecule has 30 heavy (non-hydrogen) atoms. The van der Waals surface area contributed by atoms with Crippen LogP contribution in [0, 0.1) is 0 Å². The molecule has 4 rings (SSSR count). The summed E-state index contributed by atoms with van der Waals surface area (Å²) in [5, 5.41) is 1.82. The Bertz CT molecular complexity index is 993. The van der Waals surface area contributed by atoms with Crippen LogP contribution in [-0.2, 0) is 17.0 Å². The van der Waals surface area contributed by atoms with Crippen molar-refractivity contribution in [3.63, 3.8) is 0 Å². The fourth-order valence-corrected chi connectivity index (χ4v) is 4.17. The van der Waals surface area contributed by atoms with Gasteiger partial charge in [0, 0.05) is 24.2 Å². The average molecular weight is 435 g/mol. The van der Waals surface area contributed by atoms with Crippen LogP contribution in [0.25, 0.3) is 10.9 Å². The van der Waals surface area contributed by atoms with Gasteiger partial charge in [0.25, 0.3) is 0 Å². The summed E-state index contributed by atoms with van der Waals surface area (Å²) in [5.74, 6) is 1.10. The molecule has 2 aromatic carbocycles. The van der Waals surface area contributed by atoms with Crippen LogP contribution in [-0.4, -0.2) is 47.5 Å². The van der Waals surface area contributed by atoms with Gasteiger partial charge in [-0.25, -0.2) is 9.97 Å². The Hall–Kier alpha value is -2.36. The molecule has 0 spiro atoms. The van der Waals surface area contributed by atoms with E-state index in [-0.39, 0.29) is 5.75 Å². The first-order chi connectivity index (χ1) is 14.5. The van der Waals surface area contributed by atoms with E-state index >= 15 is 0 Å². The second kappa shape index (κ2) is 9.20. The number of benzene rings is 2. The van der Waals surface area contributed by atoms with Crippen LogP contribution in [0.15, 0.2) is 53.6 Å². The zero-order valence-electron chi connectivity index (χ0n) is 16.1. The number of morpholine rings is 1. The summed E-state index contributed by atoms with van der Waals surface area (Å²) in [7, 11) is 0. The third-order valence-electron chi connectivity index (χ3n) is 4.62. The highest BCUT2D eigenvalue weighted by molar-refractivity contribution is 7.98. The van der Waals surface area contributed by atoms with Crippen molar-refractivity contribution in [3.8, 4) is 5.75 Å². The molecule has 0 atom stereocenters. The number of ether oxygens (including phenoxy) is 2. The number of halogens is 3. The summed E-state index contributed by atoms with van der Waals surface area (Å²) in [6.07, 6.45) is -4.69.